The van der Waals surface area contributed by atoms with E-state index in [0.717, 1.165) is 55.2 Å². The minimum Gasteiger partial charge on any atom is -0.507 e. The number of carbonyl (C=O) groups excluding carboxylic acids is 1. The van der Waals surface area contributed by atoms with Crippen molar-refractivity contribution >= 4 is 5.97 Å². The molecule has 1 aromatic rings. The predicted molar refractivity (Wildman–Crippen MR) is 124 cm³/mol. The van der Waals surface area contributed by atoms with Gasteiger partial charge in [0.15, 0.2) is 0 Å². The molecule has 0 aliphatic heterocycles. The van der Waals surface area contributed by atoms with E-state index >= 15 is 0 Å². The monoisotopic (exact) mass is 413 g/mol. The molecule has 0 amide bonds. The quantitative estimate of drug-likeness (QED) is 0.221. The fourth-order valence-corrected chi connectivity index (χ4v) is 4.21. The second-order valence-electron chi connectivity index (χ2n) is 9.04. The summed E-state index contributed by atoms with van der Waals surface area (Å²) in [7, 11) is 3.87. The number of ether oxygens (including phenoxy) is 1. The molecule has 1 aromatic carbocycles. The van der Waals surface area contributed by atoms with Crippen molar-refractivity contribution in [3.8, 4) is 11.5 Å². The molecule has 1 aliphatic carbocycles. The van der Waals surface area contributed by atoms with Crippen LogP contribution in [0.25, 0.3) is 0 Å². The van der Waals surface area contributed by atoms with Gasteiger partial charge in [-0.3, -0.25) is 4.79 Å². The first-order valence-electron chi connectivity index (χ1n) is 11.3. The van der Waals surface area contributed by atoms with Crippen LogP contribution in [-0.2, 0) is 11.2 Å². The number of nitrogens with zero attached hydrogens (tertiary/aromatic N) is 1. The zero-order chi connectivity index (χ0) is 22.3. The third-order valence-electron chi connectivity index (χ3n) is 5.95. The second kappa shape index (κ2) is 11.4. The summed E-state index contributed by atoms with van der Waals surface area (Å²) in [5, 5.41) is 11.0. The van der Waals surface area contributed by atoms with Gasteiger partial charge in [-0.1, -0.05) is 43.6 Å². The van der Waals surface area contributed by atoms with E-state index in [-0.39, 0.29) is 23.6 Å². The number of unbranched alkanes of at least 4 members (excludes halogenated alkanes) is 2. The molecular weight excluding hydrogens is 374 g/mol. The molecule has 0 spiro atoms. The van der Waals surface area contributed by atoms with Gasteiger partial charge in [0.25, 0.3) is 0 Å². The maximum Gasteiger partial charge on any atom is 0.312 e. The number of aryl methyl sites for hydroxylation is 1. The maximum absolute atomic E-state index is 12.6. The van der Waals surface area contributed by atoms with Crippen LogP contribution in [0, 0.1) is 5.92 Å². The van der Waals surface area contributed by atoms with Crippen molar-refractivity contribution < 1.29 is 14.6 Å². The zero-order valence-electron chi connectivity index (χ0n) is 19.5. The van der Waals surface area contributed by atoms with Crippen LogP contribution in [0.4, 0.5) is 0 Å². The van der Waals surface area contributed by atoms with Crippen LogP contribution in [0.3, 0.4) is 0 Å². The van der Waals surface area contributed by atoms with Crippen molar-refractivity contribution in [3.05, 3.63) is 47.1 Å². The number of hydrogen-bond acceptors (Lipinski definition) is 4. The minimum absolute atomic E-state index is 0.0300. The van der Waals surface area contributed by atoms with Crippen LogP contribution < -0.4 is 4.74 Å². The summed E-state index contributed by atoms with van der Waals surface area (Å²) in [6, 6.07) is 3.82. The third kappa shape index (κ3) is 6.73. The number of aromatic hydroxyl groups is 1. The lowest BCUT2D eigenvalue weighted by atomic mass is 9.73. The summed E-state index contributed by atoms with van der Waals surface area (Å²) >= 11 is 0. The molecule has 4 nitrogen and oxygen atoms in total. The highest BCUT2D eigenvalue weighted by Crippen LogP contribution is 2.47. The summed E-state index contributed by atoms with van der Waals surface area (Å²) in [6.45, 7) is 11.2. The number of phenolic OH excluding ortho intramolecular Hbond substituents is 1. The molecule has 0 saturated heterocycles. The molecule has 2 unspecified atom stereocenters. The fraction of sp³-hybridized carbons (Fsp3) is 0.577. The summed E-state index contributed by atoms with van der Waals surface area (Å²) in [5.74, 6) is 0.662. The Kier molecular flexibility index (Phi) is 9.16. The van der Waals surface area contributed by atoms with Gasteiger partial charge in [-0.15, -0.1) is 0 Å². The van der Waals surface area contributed by atoms with E-state index in [0.29, 0.717) is 18.7 Å². The smallest absolute Gasteiger partial charge is 0.312 e. The Balaban J connectivity index is 2.44. The number of rotatable bonds is 10. The Bertz CT molecular complexity index is 779. The van der Waals surface area contributed by atoms with Gasteiger partial charge in [-0.2, -0.15) is 0 Å². The summed E-state index contributed by atoms with van der Waals surface area (Å²) in [5.41, 5.74) is 4.14. The highest BCUT2D eigenvalue weighted by Gasteiger charge is 2.31. The number of phenols is 1. The number of esters is 1. The van der Waals surface area contributed by atoms with Gasteiger partial charge >= 0.3 is 5.97 Å². The van der Waals surface area contributed by atoms with Crippen LogP contribution in [0.5, 0.6) is 11.5 Å². The van der Waals surface area contributed by atoms with E-state index in [1.807, 2.05) is 38.1 Å². The highest BCUT2D eigenvalue weighted by atomic mass is 16.5. The Morgan fingerprint density at radius 1 is 1.30 bits per heavy atom. The largest absolute Gasteiger partial charge is 0.507 e. The molecule has 0 aromatic heterocycles. The Labute approximate surface area is 182 Å². The van der Waals surface area contributed by atoms with Gasteiger partial charge in [0.05, 0.1) is 6.42 Å². The molecule has 0 saturated carbocycles. The predicted octanol–water partition coefficient (Wildman–Crippen LogP) is 6.00. The molecule has 2 rings (SSSR count). The number of hydrogen-bond donors (Lipinski definition) is 1. The molecule has 0 heterocycles. The summed E-state index contributed by atoms with van der Waals surface area (Å²) < 4.78 is 5.86. The van der Waals surface area contributed by atoms with Gasteiger partial charge in [0.1, 0.15) is 11.5 Å². The average Bonchev–Trinajstić information content (AvgIpc) is 2.66. The van der Waals surface area contributed by atoms with Gasteiger partial charge in [0, 0.05) is 18.0 Å². The average molecular weight is 414 g/mol. The Morgan fingerprint density at radius 3 is 2.67 bits per heavy atom. The van der Waals surface area contributed by atoms with Crippen molar-refractivity contribution in [2.75, 3.05) is 20.6 Å². The first kappa shape index (κ1) is 24.2. The lowest BCUT2D eigenvalue weighted by Crippen LogP contribution is -2.21. The lowest BCUT2D eigenvalue weighted by molar-refractivity contribution is -0.134. The van der Waals surface area contributed by atoms with Crippen molar-refractivity contribution in [3.63, 3.8) is 0 Å². The Morgan fingerprint density at radius 2 is 2.03 bits per heavy atom. The summed E-state index contributed by atoms with van der Waals surface area (Å²) in [4.78, 5) is 14.5. The molecule has 166 valence electrons. The molecule has 0 fully saturated rings. The van der Waals surface area contributed by atoms with E-state index in [9.17, 15) is 9.90 Å². The van der Waals surface area contributed by atoms with Gasteiger partial charge in [-0.05, 0) is 77.2 Å². The Hall–Kier alpha value is -2.07. The van der Waals surface area contributed by atoms with Gasteiger partial charge in [-0.25, -0.2) is 0 Å². The van der Waals surface area contributed by atoms with E-state index in [1.165, 1.54) is 5.57 Å². The van der Waals surface area contributed by atoms with Gasteiger partial charge in [0.2, 0.25) is 0 Å². The SMILES string of the molecule is C=C(C)C1CCC(C)=CC1c1c(O)cc(CCCCC)cc1OC(=O)CCN(C)C. The second-order valence-corrected chi connectivity index (χ2v) is 9.04. The molecule has 1 aliphatic rings. The zero-order valence-corrected chi connectivity index (χ0v) is 19.5. The van der Waals surface area contributed by atoms with Gasteiger partial charge < -0.3 is 14.7 Å². The van der Waals surface area contributed by atoms with E-state index in [2.05, 4.69) is 26.5 Å². The van der Waals surface area contributed by atoms with Crippen LogP contribution in [0.2, 0.25) is 0 Å². The molecule has 4 heteroatoms. The van der Waals surface area contributed by atoms with Crippen LogP contribution >= 0.6 is 0 Å². The first-order chi connectivity index (χ1) is 14.2. The molecule has 0 radical (unpaired) electrons. The highest BCUT2D eigenvalue weighted by molar-refractivity contribution is 5.74. The minimum atomic E-state index is -0.265. The van der Waals surface area contributed by atoms with E-state index < -0.39 is 0 Å². The van der Waals surface area contributed by atoms with E-state index in [4.69, 9.17) is 4.74 Å². The van der Waals surface area contributed by atoms with Crippen molar-refractivity contribution in [1.29, 1.82) is 0 Å². The molecule has 30 heavy (non-hydrogen) atoms. The van der Waals surface area contributed by atoms with Crippen LogP contribution in [0.15, 0.2) is 35.9 Å². The maximum atomic E-state index is 12.6. The van der Waals surface area contributed by atoms with E-state index in [1.54, 1.807) is 0 Å². The van der Waals surface area contributed by atoms with Crippen LogP contribution in [-0.4, -0.2) is 36.6 Å². The third-order valence-corrected chi connectivity index (χ3v) is 5.95. The molecule has 1 N–H and O–H groups in total. The normalized spacial score (nSPS) is 18.9. The molecule has 0 bridgehead atoms. The lowest BCUT2D eigenvalue weighted by Gasteiger charge is -2.32. The number of benzene rings is 1. The number of allylic oxidation sites excluding steroid dienone is 3. The fourth-order valence-electron chi connectivity index (χ4n) is 4.21. The molecular formula is C26H39NO3. The van der Waals surface area contributed by atoms with Crippen LogP contribution in [0.1, 0.15) is 76.3 Å². The van der Waals surface area contributed by atoms with Crippen molar-refractivity contribution in [2.24, 2.45) is 5.92 Å². The number of carbonyl (C=O) groups is 1. The standard InChI is InChI=1S/C26H39NO3/c1-7-8-9-10-20-16-23(28)26(22-15-19(4)11-12-21(22)18(2)3)24(17-20)30-25(29)13-14-27(5)6/h15-17,21-22,28H,2,7-14H2,1,3-6H3. The molecule has 2 atom stereocenters. The summed E-state index contributed by atoms with van der Waals surface area (Å²) in [6.07, 6.45) is 8.76. The van der Waals surface area contributed by atoms with Crippen molar-refractivity contribution in [1.82, 2.24) is 4.90 Å². The van der Waals surface area contributed by atoms with Crippen molar-refractivity contribution in [2.45, 2.75) is 71.6 Å². The topological polar surface area (TPSA) is 49.8 Å². The first-order valence-corrected chi connectivity index (χ1v) is 11.3.